The Hall–Kier alpha value is -0.570. The van der Waals surface area contributed by atoms with E-state index in [1.165, 1.54) is 4.09 Å². The Kier molecular flexibility index (Phi) is 5.47. The number of aromatic nitrogens is 1. The minimum absolute atomic E-state index is 0.522. The van der Waals surface area contributed by atoms with Crippen molar-refractivity contribution < 1.29 is 30.2 Å². The van der Waals surface area contributed by atoms with Gasteiger partial charge in [-0.25, -0.2) is 8.42 Å². The summed E-state index contributed by atoms with van der Waals surface area (Å²) in [5.41, 5.74) is -5.65. The topological polar surface area (TPSA) is 61.1 Å². The average molecular weight is 298 g/mol. The van der Waals surface area contributed by atoms with Gasteiger partial charge in [-0.05, 0) is 17.7 Å². The molecule has 1 rings (SSSR count). The van der Waals surface area contributed by atoms with Gasteiger partial charge >= 0.3 is 5.51 Å². The molecule has 0 saturated carbocycles. The van der Waals surface area contributed by atoms with Gasteiger partial charge in [0, 0.05) is 12.1 Å². The largest absolute Gasteiger partial charge is 0.741 e. The molecule has 0 radical (unpaired) electrons. The fraction of sp³-hybridized carbons (Fsp3) is 0.167. The summed E-state index contributed by atoms with van der Waals surface area (Å²) >= 11 is 11.0. The van der Waals surface area contributed by atoms with Crippen LogP contribution in [0.2, 0.25) is 5.15 Å². The second-order valence-corrected chi connectivity index (χ2v) is 4.36. The first kappa shape index (κ1) is 15.4. The molecule has 0 spiro atoms. The zero-order valence-electron chi connectivity index (χ0n) is 7.28. The molecular formula is C6H4Cl2F3NO3S. The van der Waals surface area contributed by atoms with Crippen molar-refractivity contribution in [3.8, 4) is 0 Å². The van der Waals surface area contributed by atoms with Crippen LogP contribution in [0.4, 0.5) is 13.2 Å². The molecule has 0 aliphatic heterocycles. The summed E-state index contributed by atoms with van der Waals surface area (Å²) in [5.74, 6) is 0. The van der Waals surface area contributed by atoms with E-state index in [4.69, 9.17) is 36.3 Å². The van der Waals surface area contributed by atoms with Crippen molar-refractivity contribution in [2.75, 3.05) is 0 Å². The fourth-order valence-corrected chi connectivity index (χ4v) is 0.653. The lowest BCUT2D eigenvalue weighted by Gasteiger charge is -2.08. The number of rotatable bonds is 0. The quantitative estimate of drug-likeness (QED) is 0.416. The van der Waals surface area contributed by atoms with Crippen LogP contribution in [0.15, 0.2) is 24.4 Å². The highest BCUT2D eigenvalue weighted by Crippen LogP contribution is 2.20. The monoisotopic (exact) mass is 297 g/mol. The van der Waals surface area contributed by atoms with Crippen LogP contribution in [0.5, 0.6) is 0 Å². The van der Waals surface area contributed by atoms with E-state index < -0.39 is 15.6 Å². The molecule has 0 aromatic carbocycles. The highest BCUT2D eigenvalue weighted by molar-refractivity contribution is 7.86. The first-order valence-electron chi connectivity index (χ1n) is 3.40. The maximum atomic E-state index is 10.7. The molecule has 1 aromatic heterocycles. The molecule has 0 saturated heterocycles. The Balaban J connectivity index is 0.000000281. The molecule has 92 valence electrons. The van der Waals surface area contributed by atoms with Crippen LogP contribution in [0.1, 0.15) is 0 Å². The Bertz CT molecular complexity index is 428. The highest BCUT2D eigenvalue weighted by atomic mass is 35.5. The van der Waals surface area contributed by atoms with E-state index in [1.807, 2.05) is 6.07 Å². The summed E-state index contributed by atoms with van der Waals surface area (Å²) in [6.45, 7) is 0. The van der Waals surface area contributed by atoms with Crippen LogP contribution in [0.25, 0.3) is 0 Å². The van der Waals surface area contributed by atoms with E-state index in [-0.39, 0.29) is 0 Å². The summed E-state index contributed by atoms with van der Waals surface area (Å²) in [5, 5.41) is 0.522. The second-order valence-electron chi connectivity index (χ2n) is 2.23. The highest BCUT2D eigenvalue weighted by Gasteiger charge is 2.36. The van der Waals surface area contributed by atoms with Gasteiger partial charge in [-0.15, -0.1) is 0 Å². The van der Waals surface area contributed by atoms with Crippen LogP contribution in [0, 0.1) is 0 Å². The van der Waals surface area contributed by atoms with Crippen molar-refractivity contribution in [2.24, 2.45) is 0 Å². The Morgan fingerprint density at radius 3 is 1.94 bits per heavy atom. The van der Waals surface area contributed by atoms with E-state index in [0.717, 1.165) is 0 Å². The lowest BCUT2D eigenvalue weighted by atomic mass is 10.5. The number of hydrogen-bond donors (Lipinski definition) is 0. The first-order chi connectivity index (χ1) is 7.05. The molecule has 0 fully saturated rings. The zero-order valence-corrected chi connectivity index (χ0v) is 9.61. The van der Waals surface area contributed by atoms with Crippen molar-refractivity contribution in [3.63, 3.8) is 0 Å². The number of nitrogens with zero attached hydrogens (tertiary/aromatic N) is 1. The standard InChI is InChI=1S/C5H4Cl2N.CHF3O3S/c6-5-3-1-2-4-8(5)7;2-1(3,4)8(5,6)7/h1-4H;(H,5,6,7)/q+1;/p-1. The van der Waals surface area contributed by atoms with Crippen molar-refractivity contribution in [3.05, 3.63) is 29.5 Å². The molecule has 0 N–H and O–H groups in total. The van der Waals surface area contributed by atoms with Crippen LogP contribution >= 0.6 is 23.4 Å². The van der Waals surface area contributed by atoms with Gasteiger partial charge in [-0.3, -0.25) is 0 Å². The van der Waals surface area contributed by atoms with E-state index in [1.54, 1.807) is 18.3 Å². The van der Waals surface area contributed by atoms with E-state index in [9.17, 15) is 13.2 Å². The fourth-order valence-electron chi connectivity index (χ4n) is 0.403. The third kappa shape index (κ3) is 5.50. The van der Waals surface area contributed by atoms with Gasteiger partial charge in [0.1, 0.15) is 0 Å². The molecule has 0 amide bonds. The van der Waals surface area contributed by atoms with E-state index in [0.29, 0.717) is 5.15 Å². The molecule has 0 atom stereocenters. The summed E-state index contributed by atoms with van der Waals surface area (Å²) in [6, 6.07) is 5.34. The molecule has 4 nitrogen and oxygen atoms in total. The van der Waals surface area contributed by atoms with Gasteiger partial charge in [0.15, 0.2) is 16.3 Å². The molecule has 0 aliphatic rings. The lowest BCUT2D eigenvalue weighted by Crippen LogP contribution is -2.21. The maximum absolute atomic E-state index is 10.7. The van der Waals surface area contributed by atoms with Gasteiger partial charge in [0.05, 0.1) is 0 Å². The van der Waals surface area contributed by atoms with Crippen molar-refractivity contribution in [1.29, 1.82) is 0 Å². The Labute approximate surface area is 99.1 Å². The van der Waals surface area contributed by atoms with Crippen LogP contribution in [0.3, 0.4) is 0 Å². The van der Waals surface area contributed by atoms with Gasteiger partial charge in [-0.2, -0.15) is 13.2 Å². The second kappa shape index (κ2) is 5.67. The van der Waals surface area contributed by atoms with E-state index in [2.05, 4.69) is 0 Å². The zero-order chi connectivity index (χ0) is 13.0. The van der Waals surface area contributed by atoms with Gasteiger partial charge in [-0.1, -0.05) is 4.09 Å². The summed E-state index contributed by atoms with van der Waals surface area (Å²) in [6.07, 6.45) is 1.67. The molecule has 0 aliphatic carbocycles. The molecule has 1 aromatic rings. The SMILES string of the molecule is Clc1cccc[n+]1Cl.O=S(=O)([O-])C(F)(F)F. The minimum Gasteiger partial charge on any atom is -0.741 e. The predicted molar refractivity (Wildman–Crippen MR) is 48.7 cm³/mol. The predicted octanol–water partition coefficient (Wildman–Crippen LogP) is 1.68. The first-order valence-corrected chi connectivity index (χ1v) is 5.52. The minimum atomic E-state index is -6.09. The lowest BCUT2D eigenvalue weighted by molar-refractivity contribution is -0.516. The van der Waals surface area contributed by atoms with Crippen molar-refractivity contribution in [2.45, 2.75) is 5.51 Å². The molecule has 1 heterocycles. The van der Waals surface area contributed by atoms with Crippen LogP contribution < -0.4 is 4.09 Å². The molecule has 0 bridgehead atoms. The van der Waals surface area contributed by atoms with Crippen molar-refractivity contribution >= 4 is 33.5 Å². The molecule has 10 heteroatoms. The summed E-state index contributed by atoms with van der Waals surface area (Å²) in [7, 11) is -6.09. The molecule has 16 heavy (non-hydrogen) atoms. The van der Waals surface area contributed by atoms with Crippen LogP contribution in [-0.4, -0.2) is 18.5 Å². The average Bonchev–Trinajstić information content (AvgIpc) is 2.08. The van der Waals surface area contributed by atoms with Crippen molar-refractivity contribution in [1.82, 2.24) is 0 Å². The number of pyridine rings is 1. The summed E-state index contributed by atoms with van der Waals surface area (Å²) in [4.78, 5) is 0. The Morgan fingerprint density at radius 2 is 1.75 bits per heavy atom. The van der Waals surface area contributed by atoms with Crippen LogP contribution in [-0.2, 0) is 10.1 Å². The molecular weight excluding hydrogens is 294 g/mol. The smallest absolute Gasteiger partial charge is 0.485 e. The van der Waals surface area contributed by atoms with Gasteiger partial charge < -0.3 is 4.55 Å². The van der Waals surface area contributed by atoms with E-state index >= 15 is 0 Å². The maximum Gasteiger partial charge on any atom is 0.485 e. The third-order valence-electron chi connectivity index (χ3n) is 1.05. The summed E-state index contributed by atoms with van der Waals surface area (Å²) < 4.78 is 60.2. The van der Waals surface area contributed by atoms with Gasteiger partial charge in [0.25, 0.3) is 16.9 Å². The van der Waals surface area contributed by atoms with Gasteiger partial charge in [0.2, 0.25) is 0 Å². The third-order valence-corrected chi connectivity index (χ3v) is 2.31. The normalized spacial score (nSPS) is 11.6. The number of alkyl halides is 3. The molecule has 0 unspecified atom stereocenters. The Morgan fingerprint density at radius 1 is 1.31 bits per heavy atom. The number of hydrogen-bond acceptors (Lipinski definition) is 3. The number of halogens is 5.